The van der Waals surface area contributed by atoms with Gasteiger partial charge in [-0.15, -0.1) is 11.8 Å². The number of aliphatic hydroxyl groups is 1. The Labute approximate surface area is 107 Å². The molecule has 0 fully saturated rings. The Kier molecular flexibility index (Phi) is 5.51. The van der Waals surface area contributed by atoms with Gasteiger partial charge >= 0.3 is 0 Å². The summed E-state index contributed by atoms with van der Waals surface area (Å²) in [6.45, 7) is 3.66. The first-order valence-electron chi connectivity index (χ1n) is 5.63. The number of rotatable bonds is 5. The van der Waals surface area contributed by atoms with Gasteiger partial charge in [0.2, 0.25) is 5.91 Å². The zero-order chi connectivity index (χ0) is 12.8. The first-order chi connectivity index (χ1) is 8.02. The van der Waals surface area contributed by atoms with Crippen LogP contribution in [0.3, 0.4) is 0 Å². The molecular formula is C13H19NO2S. The molecule has 2 atom stereocenters. The summed E-state index contributed by atoms with van der Waals surface area (Å²) in [7, 11) is 1.77. The number of amides is 1. The molecule has 2 unspecified atom stereocenters. The molecule has 1 rings (SSSR count). The van der Waals surface area contributed by atoms with Crippen LogP contribution in [0.4, 0.5) is 5.69 Å². The Morgan fingerprint density at radius 3 is 2.47 bits per heavy atom. The van der Waals surface area contributed by atoms with Crippen molar-refractivity contribution in [1.82, 2.24) is 0 Å². The fourth-order valence-electron chi connectivity index (χ4n) is 1.23. The lowest BCUT2D eigenvalue weighted by atomic mass is 10.3. The van der Waals surface area contributed by atoms with Crippen molar-refractivity contribution >= 4 is 23.4 Å². The molecule has 0 saturated heterocycles. The molecule has 17 heavy (non-hydrogen) atoms. The molecule has 0 radical (unpaired) electrons. The number of thioether (sulfide) groups is 1. The summed E-state index contributed by atoms with van der Waals surface area (Å²) >= 11 is 1.47. The van der Waals surface area contributed by atoms with E-state index >= 15 is 0 Å². The van der Waals surface area contributed by atoms with E-state index in [0.29, 0.717) is 5.75 Å². The fourth-order valence-corrected chi connectivity index (χ4v) is 2.11. The second-order valence-electron chi connectivity index (χ2n) is 4.05. The van der Waals surface area contributed by atoms with E-state index in [4.69, 9.17) is 0 Å². The minimum Gasteiger partial charge on any atom is -0.392 e. The van der Waals surface area contributed by atoms with Gasteiger partial charge < -0.3 is 10.0 Å². The Morgan fingerprint density at radius 2 is 1.94 bits per heavy atom. The summed E-state index contributed by atoms with van der Waals surface area (Å²) in [5.74, 6) is 0.436. The highest BCUT2D eigenvalue weighted by Gasteiger charge is 2.15. The molecule has 0 heterocycles. The number of carbonyl (C=O) groups excluding carboxylic acids is 1. The predicted molar refractivity (Wildman–Crippen MR) is 73.5 cm³/mol. The third kappa shape index (κ3) is 4.40. The zero-order valence-corrected chi connectivity index (χ0v) is 11.3. The van der Waals surface area contributed by atoms with Crippen molar-refractivity contribution < 1.29 is 9.90 Å². The monoisotopic (exact) mass is 253 g/mol. The molecule has 0 aliphatic carbocycles. The standard InChI is InChI=1S/C13H19NO2S/c1-10(15)11(2)17-9-13(16)14(3)12-7-5-4-6-8-12/h4-8,10-11,15H,9H2,1-3H3. The minimum atomic E-state index is -0.394. The largest absolute Gasteiger partial charge is 0.392 e. The van der Waals surface area contributed by atoms with Crippen LogP contribution < -0.4 is 4.90 Å². The molecule has 4 heteroatoms. The van der Waals surface area contributed by atoms with Crippen molar-refractivity contribution in [3.63, 3.8) is 0 Å². The molecular weight excluding hydrogens is 234 g/mol. The second kappa shape index (κ2) is 6.67. The smallest absolute Gasteiger partial charge is 0.236 e. The first kappa shape index (κ1) is 14.1. The van der Waals surface area contributed by atoms with E-state index in [-0.39, 0.29) is 11.2 Å². The van der Waals surface area contributed by atoms with E-state index in [1.54, 1.807) is 18.9 Å². The SMILES string of the molecule is CC(O)C(C)SCC(=O)N(C)c1ccccc1. The lowest BCUT2D eigenvalue weighted by molar-refractivity contribution is -0.115. The van der Waals surface area contributed by atoms with E-state index in [1.807, 2.05) is 37.3 Å². The third-order valence-electron chi connectivity index (χ3n) is 2.67. The number of aliphatic hydroxyl groups excluding tert-OH is 1. The molecule has 0 aromatic heterocycles. The zero-order valence-electron chi connectivity index (χ0n) is 10.5. The van der Waals surface area contributed by atoms with E-state index in [0.717, 1.165) is 5.69 Å². The number of para-hydroxylation sites is 1. The van der Waals surface area contributed by atoms with E-state index in [9.17, 15) is 9.90 Å². The Bertz CT molecular complexity index is 354. The van der Waals surface area contributed by atoms with Crippen LogP contribution in [0.15, 0.2) is 30.3 Å². The van der Waals surface area contributed by atoms with Crippen LogP contribution in [0, 0.1) is 0 Å². The van der Waals surface area contributed by atoms with Crippen LogP contribution in [0.1, 0.15) is 13.8 Å². The molecule has 3 nitrogen and oxygen atoms in total. The maximum Gasteiger partial charge on any atom is 0.236 e. The van der Waals surface area contributed by atoms with Crippen LogP contribution in [-0.4, -0.2) is 35.2 Å². The minimum absolute atomic E-state index is 0.0497. The number of hydrogen-bond acceptors (Lipinski definition) is 3. The van der Waals surface area contributed by atoms with Gasteiger partial charge in [-0.3, -0.25) is 4.79 Å². The quantitative estimate of drug-likeness (QED) is 0.874. The molecule has 94 valence electrons. The molecule has 1 N–H and O–H groups in total. The van der Waals surface area contributed by atoms with Crippen molar-refractivity contribution in [3.8, 4) is 0 Å². The van der Waals surface area contributed by atoms with Crippen molar-refractivity contribution in [1.29, 1.82) is 0 Å². The van der Waals surface area contributed by atoms with Crippen LogP contribution in [-0.2, 0) is 4.79 Å². The first-order valence-corrected chi connectivity index (χ1v) is 6.68. The van der Waals surface area contributed by atoms with Crippen LogP contribution in [0.2, 0.25) is 0 Å². The Hall–Kier alpha value is -1.00. The molecule has 1 aromatic rings. The lowest BCUT2D eigenvalue weighted by Gasteiger charge is -2.19. The molecule has 1 amide bonds. The lowest BCUT2D eigenvalue weighted by Crippen LogP contribution is -2.29. The summed E-state index contributed by atoms with van der Waals surface area (Å²) in [5.41, 5.74) is 0.891. The molecule has 0 aliphatic rings. The number of hydrogen-bond donors (Lipinski definition) is 1. The van der Waals surface area contributed by atoms with Crippen LogP contribution in [0.5, 0.6) is 0 Å². The second-order valence-corrected chi connectivity index (χ2v) is 5.41. The predicted octanol–water partition coefficient (Wildman–Crippen LogP) is 2.15. The summed E-state index contributed by atoms with van der Waals surface area (Å²) < 4.78 is 0. The van der Waals surface area contributed by atoms with Gasteiger partial charge in [0, 0.05) is 18.0 Å². The molecule has 0 spiro atoms. The van der Waals surface area contributed by atoms with Gasteiger partial charge in [0.1, 0.15) is 0 Å². The van der Waals surface area contributed by atoms with Gasteiger partial charge in [0.05, 0.1) is 11.9 Å². The van der Waals surface area contributed by atoms with Crippen LogP contribution >= 0.6 is 11.8 Å². The summed E-state index contributed by atoms with van der Waals surface area (Å²) in [6.07, 6.45) is -0.394. The van der Waals surface area contributed by atoms with Gasteiger partial charge in [-0.1, -0.05) is 25.1 Å². The van der Waals surface area contributed by atoms with Crippen molar-refractivity contribution in [2.24, 2.45) is 0 Å². The van der Waals surface area contributed by atoms with Gasteiger partial charge in [-0.2, -0.15) is 0 Å². The number of nitrogens with zero attached hydrogens (tertiary/aromatic N) is 1. The van der Waals surface area contributed by atoms with Crippen LogP contribution in [0.25, 0.3) is 0 Å². The molecule has 0 aliphatic heterocycles. The summed E-state index contributed by atoms with van der Waals surface area (Å²) in [4.78, 5) is 13.5. The Morgan fingerprint density at radius 1 is 1.35 bits per heavy atom. The molecule has 0 saturated carbocycles. The van der Waals surface area contributed by atoms with E-state index < -0.39 is 6.10 Å². The fraction of sp³-hybridized carbons (Fsp3) is 0.462. The Balaban J connectivity index is 2.48. The molecule has 0 bridgehead atoms. The van der Waals surface area contributed by atoms with Gasteiger partial charge in [-0.25, -0.2) is 0 Å². The highest BCUT2D eigenvalue weighted by atomic mass is 32.2. The van der Waals surface area contributed by atoms with Crippen molar-refractivity contribution in [2.75, 3.05) is 17.7 Å². The number of carbonyl (C=O) groups is 1. The third-order valence-corrected chi connectivity index (χ3v) is 4.00. The van der Waals surface area contributed by atoms with E-state index in [2.05, 4.69) is 0 Å². The van der Waals surface area contributed by atoms with Gasteiger partial charge in [-0.05, 0) is 19.1 Å². The maximum atomic E-state index is 11.9. The highest BCUT2D eigenvalue weighted by Crippen LogP contribution is 2.17. The average molecular weight is 253 g/mol. The summed E-state index contributed by atoms with van der Waals surface area (Å²) in [5, 5.41) is 9.42. The van der Waals surface area contributed by atoms with Crippen molar-refractivity contribution in [3.05, 3.63) is 30.3 Å². The normalized spacial score (nSPS) is 14.1. The number of anilines is 1. The average Bonchev–Trinajstić information content (AvgIpc) is 2.35. The van der Waals surface area contributed by atoms with Crippen molar-refractivity contribution in [2.45, 2.75) is 25.2 Å². The van der Waals surface area contributed by atoms with Gasteiger partial charge in [0.25, 0.3) is 0 Å². The van der Waals surface area contributed by atoms with E-state index in [1.165, 1.54) is 11.8 Å². The topological polar surface area (TPSA) is 40.5 Å². The van der Waals surface area contributed by atoms with Gasteiger partial charge in [0.15, 0.2) is 0 Å². The summed E-state index contributed by atoms with van der Waals surface area (Å²) in [6, 6.07) is 9.54. The number of benzene rings is 1. The highest BCUT2D eigenvalue weighted by molar-refractivity contribution is 8.00. The molecule has 1 aromatic carbocycles. The maximum absolute atomic E-state index is 11.9.